The number of halogens is 1. The van der Waals surface area contributed by atoms with Crippen LogP contribution in [-0.4, -0.2) is 28.6 Å². The van der Waals surface area contributed by atoms with E-state index in [4.69, 9.17) is 5.84 Å². The van der Waals surface area contributed by atoms with Crippen molar-refractivity contribution >= 4 is 35.4 Å². The summed E-state index contributed by atoms with van der Waals surface area (Å²) in [5.74, 6) is 5.60. The fourth-order valence-electron chi connectivity index (χ4n) is 3.37. The van der Waals surface area contributed by atoms with Gasteiger partial charge in [-0.25, -0.2) is 9.18 Å². The average Bonchev–Trinajstić information content (AvgIpc) is 3.03. The normalized spacial score (nSPS) is 18.8. The molecule has 5 N–H and O–H groups in total. The van der Waals surface area contributed by atoms with Crippen LogP contribution in [0.25, 0.3) is 0 Å². The molecule has 0 aliphatic carbocycles. The Bertz CT molecular complexity index is 1220. The van der Waals surface area contributed by atoms with E-state index in [0.29, 0.717) is 22.8 Å². The van der Waals surface area contributed by atoms with Crippen molar-refractivity contribution in [3.63, 3.8) is 0 Å². The van der Waals surface area contributed by atoms with Crippen LogP contribution in [0.2, 0.25) is 0 Å². The van der Waals surface area contributed by atoms with Crippen LogP contribution in [0, 0.1) is 5.82 Å². The SMILES string of the molecule is CC1=C2C=NC=C[N+]2(N)C(C(=O)Nc2cccc(CNC(=O)Nc3cccc(F)c3)c2)=N1. The van der Waals surface area contributed by atoms with E-state index in [1.165, 1.54) is 24.4 Å². The van der Waals surface area contributed by atoms with Gasteiger partial charge in [0.05, 0.1) is 12.4 Å². The van der Waals surface area contributed by atoms with Gasteiger partial charge in [-0.1, -0.05) is 18.2 Å². The molecule has 2 aliphatic heterocycles. The number of aliphatic imine (C=N–C) groups is 2. The smallest absolute Gasteiger partial charge is 0.333 e. The van der Waals surface area contributed by atoms with Gasteiger partial charge in [-0.3, -0.25) is 9.79 Å². The molecule has 9 nitrogen and oxygen atoms in total. The third-order valence-electron chi connectivity index (χ3n) is 4.90. The standard InChI is InChI=1S/C22H20FN7O2/c1-14-19-13-25-8-9-30(19,24)20(27-14)21(31)28-17-6-2-4-15(10-17)12-26-22(32)29-18-7-3-5-16(23)11-18/h2-11,13H,12,24H2,1H3,(H2-,26,28,29,31,32)/p+1. The first-order valence-corrected chi connectivity index (χ1v) is 9.75. The average molecular weight is 434 g/mol. The number of quaternary nitrogens is 1. The number of nitrogens with one attached hydrogen (secondary N) is 3. The number of hydrogen-bond donors (Lipinski definition) is 4. The third-order valence-corrected chi connectivity index (χ3v) is 4.90. The Labute approximate surface area is 183 Å². The Morgan fingerprint density at radius 2 is 1.84 bits per heavy atom. The molecule has 2 aliphatic rings. The Morgan fingerprint density at radius 1 is 1.09 bits per heavy atom. The van der Waals surface area contributed by atoms with Crippen LogP contribution in [0.4, 0.5) is 20.6 Å². The van der Waals surface area contributed by atoms with E-state index in [-0.39, 0.29) is 17.0 Å². The van der Waals surface area contributed by atoms with E-state index in [1.807, 2.05) is 0 Å². The first kappa shape index (κ1) is 21.1. The van der Waals surface area contributed by atoms with E-state index >= 15 is 0 Å². The number of rotatable bonds is 5. The Balaban J connectivity index is 1.38. The maximum Gasteiger partial charge on any atom is 0.333 e. The predicted octanol–water partition coefficient (Wildman–Crippen LogP) is 2.98. The van der Waals surface area contributed by atoms with Crippen molar-refractivity contribution in [2.45, 2.75) is 13.5 Å². The van der Waals surface area contributed by atoms with Gasteiger partial charge in [-0.15, -0.1) is 4.59 Å². The second-order valence-electron chi connectivity index (χ2n) is 7.23. The number of amidine groups is 1. The highest BCUT2D eigenvalue weighted by Crippen LogP contribution is 2.28. The lowest BCUT2D eigenvalue weighted by molar-refractivity contribution is -0.749. The van der Waals surface area contributed by atoms with Gasteiger partial charge in [-0.2, -0.15) is 10.8 Å². The summed E-state index contributed by atoms with van der Waals surface area (Å²) in [6, 6.07) is 12.1. The molecule has 0 spiro atoms. The van der Waals surface area contributed by atoms with Gasteiger partial charge in [0, 0.05) is 17.9 Å². The molecule has 10 heteroatoms. The van der Waals surface area contributed by atoms with E-state index in [0.717, 1.165) is 5.56 Å². The van der Waals surface area contributed by atoms with Crippen molar-refractivity contribution in [2.24, 2.45) is 15.8 Å². The molecule has 0 fully saturated rings. The molecule has 0 saturated heterocycles. The lowest BCUT2D eigenvalue weighted by Crippen LogP contribution is -2.56. The summed E-state index contributed by atoms with van der Waals surface area (Å²) >= 11 is 0. The first-order valence-electron chi connectivity index (χ1n) is 9.75. The lowest BCUT2D eigenvalue weighted by Gasteiger charge is -2.25. The number of fused-ring (bicyclic) bond motifs is 1. The summed E-state index contributed by atoms with van der Waals surface area (Å²) in [5, 5.41) is 8.04. The van der Waals surface area contributed by atoms with E-state index < -0.39 is 17.8 Å². The van der Waals surface area contributed by atoms with E-state index in [2.05, 4.69) is 25.9 Å². The molecule has 162 valence electrons. The number of nitrogens with two attached hydrogens (primary N) is 1. The van der Waals surface area contributed by atoms with E-state index in [9.17, 15) is 14.0 Å². The molecule has 3 amide bonds. The summed E-state index contributed by atoms with van der Waals surface area (Å²) in [7, 11) is 0. The molecular weight excluding hydrogens is 413 g/mol. The third kappa shape index (κ3) is 4.31. The summed E-state index contributed by atoms with van der Waals surface area (Å²) in [4.78, 5) is 33.3. The van der Waals surface area contributed by atoms with Gasteiger partial charge in [0.15, 0.2) is 0 Å². The molecule has 2 aromatic carbocycles. The summed E-state index contributed by atoms with van der Waals surface area (Å²) < 4.78 is 12.9. The number of carbonyl (C=O) groups is 2. The van der Waals surface area contributed by atoms with Crippen molar-refractivity contribution in [2.75, 3.05) is 10.6 Å². The second kappa shape index (κ2) is 8.53. The van der Waals surface area contributed by atoms with Crippen molar-refractivity contribution in [3.8, 4) is 0 Å². The second-order valence-corrected chi connectivity index (χ2v) is 7.23. The summed E-state index contributed by atoms with van der Waals surface area (Å²) in [6.07, 6.45) is 4.69. The number of carbonyl (C=O) groups excluding carboxylic acids is 2. The molecule has 0 saturated carbocycles. The highest BCUT2D eigenvalue weighted by molar-refractivity contribution is 6.40. The topological polar surface area (TPSA) is 121 Å². The van der Waals surface area contributed by atoms with Gasteiger partial charge >= 0.3 is 17.8 Å². The Morgan fingerprint density at radius 3 is 2.62 bits per heavy atom. The minimum absolute atomic E-state index is 0.123. The fourth-order valence-corrected chi connectivity index (χ4v) is 3.37. The zero-order chi connectivity index (χ0) is 22.7. The molecule has 2 aromatic rings. The number of nitrogens with zero attached hydrogens (tertiary/aromatic N) is 3. The number of urea groups is 1. The number of allylic oxidation sites excluding steroid dienone is 2. The van der Waals surface area contributed by atoms with Gasteiger partial charge in [0.1, 0.15) is 17.7 Å². The van der Waals surface area contributed by atoms with Crippen molar-refractivity contribution in [1.82, 2.24) is 5.32 Å². The zero-order valence-electron chi connectivity index (χ0n) is 17.2. The molecule has 0 radical (unpaired) electrons. The molecule has 32 heavy (non-hydrogen) atoms. The minimum atomic E-state index is -0.479. The van der Waals surface area contributed by atoms with Crippen LogP contribution in [0.5, 0.6) is 0 Å². The summed E-state index contributed by atoms with van der Waals surface area (Å²) in [5.41, 5.74) is 2.87. The summed E-state index contributed by atoms with van der Waals surface area (Å²) in [6.45, 7) is 1.97. The van der Waals surface area contributed by atoms with Crippen LogP contribution < -0.4 is 21.8 Å². The first-order chi connectivity index (χ1) is 15.3. The molecule has 2 heterocycles. The molecule has 0 aromatic heterocycles. The van der Waals surface area contributed by atoms with Gasteiger partial charge in [0.25, 0.3) is 0 Å². The molecule has 1 unspecified atom stereocenters. The maximum atomic E-state index is 13.2. The molecule has 0 bridgehead atoms. The minimum Gasteiger partial charge on any atom is -0.334 e. The molecule has 4 rings (SSSR count). The van der Waals surface area contributed by atoms with Gasteiger partial charge in [0.2, 0.25) is 5.70 Å². The zero-order valence-corrected chi connectivity index (χ0v) is 17.2. The lowest BCUT2D eigenvalue weighted by atomic mass is 10.2. The Hall–Kier alpha value is -4.15. The van der Waals surface area contributed by atoms with Crippen molar-refractivity contribution in [3.05, 3.63) is 83.7 Å². The quantitative estimate of drug-likeness (QED) is 0.428. The number of anilines is 2. The predicted molar refractivity (Wildman–Crippen MR) is 120 cm³/mol. The highest BCUT2D eigenvalue weighted by Gasteiger charge is 2.45. The largest absolute Gasteiger partial charge is 0.334 e. The number of hydrogen-bond acceptors (Lipinski definition) is 5. The molecular formula is C22H21FN7O2+. The molecule has 1 atom stereocenters. The van der Waals surface area contributed by atoms with Crippen molar-refractivity contribution in [1.29, 1.82) is 0 Å². The maximum absolute atomic E-state index is 13.2. The van der Waals surface area contributed by atoms with Crippen LogP contribution in [0.3, 0.4) is 0 Å². The number of amides is 3. The van der Waals surface area contributed by atoms with Gasteiger partial charge in [-0.05, 0) is 42.8 Å². The van der Waals surface area contributed by atoms with Gasteiger partial charge < -0.3 is 16.0 Å². The fraction of sp³-hybridized carbons (Fsp3) is 0.0909. The van der Waals surface area contributed by atoms with Crippen LogP contribution in [0.1, 0.15) is 12.5 Å². The van der Waals surface area contributed by atoms with E-state index in [1.54, 1.807) is 49.7 Å². The Kier molecular flexibility index (Phi) is 5.63. The highest BCUT2D eigenvalue weighted by atomic mass is 19.1. The van der Waals surface area contributed by atoms with Crippen molar-refractivity contribution < 1.29 is 18.6 Å². The van der Waals surface area contributed by atoms with Crippen LogP contribution >= 0.6 is 0 Å². The van der Waals surface area contributed by atoms with Crippen LogP contribution in [-0.2, 0) is 11.3 Å². The van der Waals surface area contributed by atoms with Crippen LogP contribution in [0.15, 0.2) is 82.3 Å². The number of benzene rings is 2. The monoisotopic (exact) mass is 434 g/mol.